The van der Waals surface area contributed by atoms with Crippen LogP contribution in [0.15, 0.2) is 51.5 Å². The Kier molecular flexibility index (Phi) is 4.56. The number of thioether (sulfide) groups is 1. The van der Waals surface area contributed by atoms with Crippen molar-refractivity contribution in [1.29, 1.82) is 0 Å². The summed E-state index contributed by atoms with van der Waals surface area (Å²) in [5, 5.41) is 12.0. The molecule has 0 aliphatic heterocycles. The molecule has 0 saturated heterocycles. The predicted octanol–water partition coefficient (Wildman–Crippen LogP) is 5.91. The fourth-order valence-corrected chi connectivity index (χ4v) is 4.89. The zero-order valence-corrected chi connectivity index (χ0v) is 17.4. The first-order valence-electron chi connectivity index (χ1n) is 9.32. The molecule has 0 bridgehead atoms. The Morgan fingerprint density at radius 3 is 2.86 bits per heavy atom. The summed E-state index contributed by atoms with van der Waals surface area (Å²) in [6.07, 6.45) is 4.15. The zero-order chi connectivity index (χ0) is 19.1. The summed E-state index contributed by atoms with van der Waals surface area (Å²) in [6.45, 7) is 4.18. The fourth-order valence-electron chi connectivity index (χ4n) is 3.30. The van der Waals surface area contributed by atoms with Gasteiger partial charge in [-0.15, -0.1) is 21.5 Å². The lowest BCUT2D eigenvalue weighted by molar-refractivity contribution is 0.573. The molecule has 0 spiro atoms. The van der Waals surface area contributed by atoms with Crippen LogP contribution in [0.5, 0.6) is 0 Å². The van der Waals surface area contributed by atoms with Crippen molar-refractivity contribution in [2.24, 2.45) is 0 Å². The van der Waals surface area contributed by atoms with E-state index < -0.39 is 0 Å². The molecule has 0 radical (unpaired) electrons. The highest BCUT2D eigenvalue weighted by Crippen LogP contribution is 2.42. The highest BCUT2D eigenvalue weighted by atomic mass is 32.2. The fraction of sp³-hybridized carbons (Fsp3) is 0.286. The van der Waals surface area contributed by atoms with Crippen LogP contribution in [0.1, 0.15) is 35.7 Å². The summed E-state index contributed by atoms with van der Waals surface area (Å²) in [7, 11) is 0. The first-order chi connectivity index (χ1) is 13.7. The highest BCUT2D eigenvalue weighted by Gasteiger charge is 2.30. The normalized spacial score (nSPS) is 13.9. The summed E-state index contributed by atoms with van der Waals surface area (Å²) < 4.78 is 8.04. The van der Waals surface area contributed by atoms with E-state index in [1.165, 1.54) is 28.8 Å². The molecule has 1 aromatic carbocycles. The average molecular weight is 409 g/mol. The molecule has 0 amide bonds. The Hall–Kier alpha value is -2.38. The van der Waals surface area contributed by atoms with E-state index in [9.17, 15) is 0 Å². The molecule has 0 unspecified atom stereocenters. The van der Waals surface area contributed by atoms with Gasteiger partial charge in [0.25, 0.3) is 0 Å². The molecule has 0 atom stereocenters. The van der Waals surface area contributed by atoms with Gasteiger partial charge in [0.2, 0.25) is 5.89 Å². The summed E-state index contributed by atoms with van der Waals surface area (Å²) in [5.41, 5.74) is 4.38. The van der Waals surface area contributed by atoms with Gasteiger partial charge in [0.15, 0.2) is 11.0 Å². The average Bonchev–Trinajstić information content (AvgIpc) is 3.10. The van der Waals surface area contributed by atoms with Crippen molar-refractivity contribution in [3.8, 4) is 22.2 Å². The van der Waals surface area contributed by atoms with Crippen molar-refractivity contribution in [2.45, 2.75) is 43.6 Å². The van der Waals surface area contributed by atoms with Crippen LogP contribution >= 0.6 is 23.1 Å². The molecule has 1 aliphatic rings. The predicted molar refractivity (Wildman–Crippen MR) is 113 cm³/mol. The van der Waals surface area contributed by atoms with Crippen LogP contribution in [0.2, 0.25) is 0 Å². The minimum Gasteiger partial charge on any atom is -0.444 e. The highest BCUT2D eigenvalue weighted by molar-refractivity contribution is 7.98. The second-order valence-electron chi connectivity index (χ2n) is 7.14. The van der Waals surface area contributed by atoms with Gasteiger partial charge in [-0.05, 0) is 49.8 Å². The van der Waals surface area contributed by atoms with E-state index >= 15 is 0 Å². The third-order valence-electron chi connectivity index (χ3n) is 4.83. The molecule has 142 valence electrons. The van der Waals surface area contributed by atoms with E-state index in [4.69, 9.17) is 9.40 Å². The summed E-state index contributed by atoms with van der Waals surface area (Å²) in [5.74, 6) is 2.37. The molecule has 1 saturated carbocycles. The number of hydrogen-bond acceptors (Lipinski definition) is 6. The number of oxazole rings is 1. The van der Waals surface area contributed by atoms with E-state index in [0.717, 1.165) is 22.2 Å². The Morgan fingerprint density at radius 1 is 1.21 bits per heavy atom. The van der Waals surface area contributed by atoms with Crippen molar-refractivity contribution in [3.63, 3.8) is 0 Å². The summed E-state index contributed by atoms with van der Waals surface area (Å²) in [4.78, 5) is 5.86. The molecule has 1 aliphatic carbocycles. The van der Waals surface area contributed by atoms with Crippen molar-refractivity contribution in [2.75, 3.05) is 0 Å². The molecule has 5 rings (SSSR count). The van der Waals surface area contributed by atoms with Crippen molar-refractivity contribution in [3.05, 3.63) is 58.8 Å². The minimum absolute atomic E-state index is 0.526. The van der Waals surface area contributed by atoms with Gasteiger partial charge in [-0.25, -0.2) is 4.98 Å². The Balaban J connectivity index is 1.36. The molecular formula is C21H20N4OS2. The van der Waals surface area contributed by atoms with Crippen LogP contribution < -0.4 is 0 Å². The van der Waals surface area contributed by atoms with Gasteiger partial charge in [-0.1, -0.05) is 35.5 Å². The van der Waals surface area contributed by atoms with Gasteiger partial charge in [-0.3, -0.25) is 4.57 Å². The third-order valence-corrected chi connectivity index (χ3v) is 6.67. The molecule has 7 heteroatoms. The molecule has 1 fully saturated rings. The number of rotatable bonds is 6. The maximum atomic E-state index is 5.75. The number of benzene rings is 1. The molecule has 5 nitrogen and oxygen atoms in total. The zero-order valence-electron chi connectivity index (χ0n) is 15.8. The summed E-state index contributed by atoms with van der Waals surface area (Å²) in [6, 6.07) is 11.0. The van der Waals surface area contributed by atoms with Crippen LogP contribution in [-0.2, 0) is 5.75 Å². The molecule has 3 heterocycles. The first kappa shape index (κ1) is 17.7. The van der Waals surface area contributed by atoms with Gasteiger partial charge >= 0.3 is 0 Å². The van der Waals surface area contributed by atoms with Crippen molar-refractivity contribution in [1.82, 2.24) is 19.7 Å². The Labute approximate surface area is 171 Å². The van der Waals surface area contributed by atoms with E-state index in [1.807, 2.05) is 0 Å². The van der Waals surface area contributed by atoms with Crippen LogP contribution in [-0.4, -0.2) is 19.7 Å². The third kappa shape index (κ3) is 3.40. The molecule has 3 aromatic heterocycles. The van der Waals surface area contributed by atoms with Crippen molar-refractivity contribution >= 4 is 23.1 Å². The van der Waals surface area contributed by atoms with E-state index in [0.29, 0.717) is 17.7 Å². The minimum atomic E-state index is 0.526. The smallest absolute Gasteiger partial charge is 0.226 e. The van der Waals surface area contributed by atoms with Crippen LogP contribution in [0.3, 0.4) is 0 Å². The van der Waals surface area contributed by atoms with Gasteiger partial charge in [0.05, 0.1) is 10.6 Å². The number of aromatic nitrogens is 4. The van der Waals surface area contributed by atoms with E-state index in [-0.39, 0.29) is 0 Å². The van der Waals surface area contributed by atoms with Crippen molar-refractivity contribution < 1.29 is 4.42 Å². The van der Waals surface area contributed by atoms with Crippen LogP contribution in [0, 0.1) is 13.8 Å². The summed E-state index contributed by atoms with van der Waals surface area (Å²) >= 11 is 3.38. The largest absolute Gasteiger partial charge is 0.444 e. The maximum Gasteiger partial charge on any atom is 0.226 e. The van der Waals surface area contributed by atoms with Gasteiger partial charge in [0, 0.05) is 17.4 Å². The number of aryl methyl sites for hydroxylation is 2. The van der Waals surface area contributed by atoms with Crippen LogP contribution in [0.25, 0.3) is 22.2 Å². The topological polar surface area (TPSA) is 56.7 Å². The Morgan fingerprint density at radius 2 is 2.11 bits per heavy atom. The lowest BCUT2D eigenvalue weighted by Gasteiger charge is -2.06. The lowest BCUT2D eigenvalue weighted by Crippen LogP contribution is -1.99. The van der Waals surface area contributed by atoms with E-state index in [1.54, 1.807) is 29.4 Å². The second kappa shape index (κ2) is 7.22. The first-order valence-corrected chi connectivity index (χ1v) is 11.2. The Bertz CT molecular complexity index is 1110. The number of hydrogen-bond donors (Lipinski definition) is 0. The SMILES string of the molecule is Cc1ccc(-c2nc(CSc3nnc(-c4cccs4)n3C3CC3)co2)c(C)c1. The van der Waals surface area contributed by atoms with Crippen LogP contribution in [0.4, 0.5) is 0 Å². The monoisotopic (exact) mass is 408 g/mol. The second-order valence-corrected chi connectivity index (χ2v) is 9.03. The standard InChI is InChI=1S/C21H20N4OS2/c1-13-5-8-17(14(2)10-13)20-22-15(11-26-20)12-28-21-24-23-19(18-4-3-9-27-18)25(21)16-6-7-16/h3-5,8-11,16H,6-7,12H2,1-2H3. The molecule has 4 aromatic rings. The number of thiophene rings is 1. The number of nitrogens with zero attached hydrogens (tertiary/aromatic N) is 4. The molecular weight excluding hydrogens is 388 g/mol. The lowest BCUT2D eigenvalue weighted by atomic mass is 10.1. The maximum absolute atomic E-state index is 5.75. The van der Waals surface area contributed by atoms with Gasteiger partial charge in [-0.2, -0.15) is 0 Å². The molecule has 0 N–H and O–H groups in total. The van der Waals surface area contributed by atoms with Gasteiger partial charge in [0.1, 0.15) is 6.26 Å². The van der Waals surface area contributed by atoms with Gasteiger partial charge < -0.3 is 4.42 Å². The van der Waals surface area contributed by atoms with E-state index in [2.05, 4.69) is 64.3 Å². The quantitative estimate of drug-likeness (QED) is 0.371. The molecule has 28 heavy (non-hydrogen) atoms.